The fraction of sp³-hybridized carbons (Fsp3) is 0.220. The van der Waals surface area contributed by atoms with Crippen molar-refractivity contribution in [3.05, 3.63) is 191 Å². The van der Waals surface area contributed by atoms with Gasteiger partial charge in [0.2, 0.25) is 17.3 Å². The lowest BCUT2D eigenvalue weighted by atomic mass is 9.77. The second-order valence-corrected chi connectivity index (χ2v) is 15.6. The molecular weight excluding hydrogens is 790 g/mol. The first-order valence-electron chi connectivity index (χ1n) is 20.1. The van der Waals surface area contributed by atoms with Gasteiger partial charge in [0, 0.05) is 40.5 Å². The molecule has 1 unspecified atom stereocenters. The number of benzene rings is 5. The lowest BCUT2D eigenvalue weighted by Gasteiger charge is -2.34. The molecule has 1 N–H and O–H groups in total. The summed E-state index contributed by atoms with van der Waals surface area (Å²) in [6.45, 7) is -0.313. The van der Waals surface area contributed by atoms with Crippen molar-refractivity contribution in [1.29, 1.82) is 0 Å². The van der Waals surface area contributed by atoms with Crippen LogP contribution in [0.3, 0.4) is 0 Å². The third-order valence-electron chi connectivity index (χ3n) is 11.3. The minimum atomic E-state index is -1.45. The van der Waals surface area contributed by atoms with Gasteiger partial charge in [-0.05, 0) is 59.0 Å². The minimum Gasteiger partial charge on any atom is -0.470 e. The third kappa shape index (κ3) is 8.36. The average molecular weight is 834 g/mol. The number of carbonyl (C=O) groups is 3. The minimum absolute atomic E-state index is 0.188. The zero-order chi connectivity index (χ0) is 42.4. The zero-order valence-electron chi connectivity index (χ0n) is 33.7. The molecule has 8 rings (SSSR count). The van der Waals surface area contributed by atoms with E-state index >= 15 is 0 Å². The Morgan fingerprint density at radius 1 is 0.705 bits per heavy atom. The Morgan fingerprint density at radius 2 is 1.33 bits per heavy atom. The van der Waals surface area contributed by atoms with Gasteiger partial charge in [0.1, 0.15) is 12.6 Å². The summed E-state index contributed by atoms with van der Waals surface area (Å²) in [4.78, 5) is 50.6. The molecule has 2 heterocycles. The van der Waals surface area contributed by atoms with E-state index in [9.17, 15) is 14.4 Å². The Kier molecular flexibility index (Phi) is 12.0. The van der Waals surface area contributed by atoms with E-state index < -0.39 is 41.1 Å². The number of amides is 1. The fourth-order valence-electron chi connectivity index (χ4n) is 8.29. The number of nitrogens with one attached hydrogen (secondary N) is 1. The number of esters is 2. The Balaban J connectivity index is 1.16. The van der Waals surface area contributed by atoms with E-state index in [4.69, 9.17) is 40.5 Å². The van der Waals surface area contributed by atoms with Crippen molar-refractivity contribution in [2.45, 2.75) is 42.5 Å². The predicted octanol–water partition coefficient (Wildman–Crippen LogP) is 8.23. The van der Waals surface area contributed by atoms with Gasteiger partial charge in [-0.1, -0.05) is 139 Å². The molecule has 5 atom stereocenters. The number of aliphatic imine (C=N–C) groups is 2. The molecule has 3 aliphatic rings. The molecule has 0 radical (unpaired) electrons. The lowest BCUT2D eigenvalue weighted by Crippen LogP contribution is -2.56. The molecule has 0 saturated carbocycles. The summed E-state index contributed by atoms with van der Waals surface area (Å²) in [7, 11) is 2.63. The van der Waals surface area contributed by atoms with Gasteiger partial charge in [-0.3, -0.25) is 9.59 Å². The van der Waals surface area contributed by atoms with Gasteiger partial charge in [-0.15, -0.1) is 0 Å². The number of halogens is 1. The summed E-state index contributed by atoms with van der Waals surface area (Å²) in [5.41, 5.74) is 2.41. The highest BCUT2D eigenvalue weighted by atomic mass is 35.5. The number of nitrogens with zero attached hydrogens (tertiary/aromatic N) is 2. The van der Waals surface area contributed by atoms with Gasteiger partial charge < -0.3 is 24.3 Å². The van der Waals surface area contributed by atoms with Gasteiger partial charge in [-0.25, -0.2) is 14.8 Å². The van der Waals surface area contributed by atoms with Gasteiger partial charge in [0.15, 0.2) is 11.6 Å². The molecule has 5 aromatic rings. The molecule has 61 heavy (non-hydrogen) atoms. The number of carbonyl (C=O) groups excluding carboxylic acids is 3. The summed E-state index contributed by atoms with van der Waals surface area (Å²) in [5, 5.41) is 3.20. The van der Waals surface area contributed by atoms with Crippen molar-refractivity contribution < 1.29 is 33.3 Å². The maximum atomic E-state index is 14.4. The number of ether oxygens (including phenoxy) is 4. The first kappa shape index (κ1) is 41.0. The van der Waals surface area contributed by atoms with Gasteiger partial charge in [0.25, 0.3) is 5.91 Å². The Bertz CT molecular complexity index is 2540. The van der Waals surface area contributed by atoms with E-state index in [1.54, 1.807) is 6.07 Å². The van der Waals surface area contributed by atoms with Crippen molar-refractivity contribution in [3.63, 3.8) is 0 Å². The first-order valence-corrected chi connectivity index (χ1v) is 20.4. The molecule has 308 valence electrons. The highest BCUT2D eigenvalue weighted by molar-refractivity contribution is 6.33. The van der Waals surface area contributed by atoms with Crippen LogP contribution in [0, 0.1) is 5.92 Å². The van der Waals surface area contributed by atoms with Crippen molar-refractivity contribution in [1.82, 2.24) is 5.32 Å². The van der Waals surface area contributed by atoms with Crippen LogP contribution in [0.5, 0.6) is 0 Å². The maximum Gasteiger partial charge on any atom is 0.338 e. The molecule has 0 saturated heterocycles. The molecule has 1 aliphatic carbocycles. The van der Waals surface area contributed by atoms with Crippen LogP contribution in [-0.2, 0) is 46.2 Å². The van der Waals surface area contributed by atoms with E-state index in [1.165, 1.54) is 14.2 Å². The van der Waals surface area contributed by atoms with Crippen LogP contribution in [0.25, 0.3) is 11.1 Å². The largest absolute Gasteiger partial charge is 0.470 e. The van der Waals surface area contributed by atoms with E-state index in [0.717, 1.165) is 22.3 Å². The number of hydrogen-bond acceptors (Lipinski definition) is 9. The second-order valence-electron chi connectivity index (χ2n) is 15.2. The van der Waals surface area contributed by atoms with Crippen LogP contribution in [-0.4, -0.2) is 67.6 Å². The Hall–Kier alpha value is -6.78. The standard InChI is InChI=1S/C50H44ClN3O7/c1-58-42(55)32-52-47(56)49(30-33-16-7-3-8-17-33)43(35-20-11-5-12-21-35)60-46(53-49)39-25-15-24-37(28-39)40-27-26-38(29-41(40)51)44-50(48(57)59-2,31-34-18-9-4-10-19-34)54-45(61-44)36-22-13-6-14-23-36/h3-20,22-29,35,43-44H,21,30-32H2,1-2H3,(H,52,56)/t35?,43-,44-,49-,50-/m0/s1. The molecule has 0 bridgehead atoms. The van der Waals surface area contributed by atoms with Crippen molar-refractivity contribution >= 4 is 41.2 Å². The van der Waals surface area contributed by atoms with E-state index in [2.05, 4.69) is 5.32 Å². The predicted molar refractivity (Wildman–Crippen MR) is 234 cm³/mol. The molecule has 10 nitrogen and oxygen atoms in total. The first-order chi connectivity index (χ1) is 29.7. The van der Waals surface area contributed by atoms with Crippen LogP contribution < -0.4 is 5.32 Å². The van der Waals surface area contributed by atoms with E-state index in [-0.39, 0.29) is 25.3 Å². The zero-order valence-corrected chi connectivity index (χ0v) is 34.5. The highest BCUT2D eigenvalue weighted by Crippen LogP contribution is 2.45. The molecule has 1 amide bonds. The average Bonchev–Trinajstić information content (AvgIpc) is 3.89. The van der Waals surface area contributed by atoms with Gasteiger partial charge in [-0.2, -0.15) is 0 Å². The van der Waals surface area contributed by atoms with Crippen LogP contribution in [0.15, 0.2) is 168 Å². The third-order valence-corrected chi connectivity index (χ3v) is 11.6. The molecule has 0 fully saturated rings. The molecule has 0 spiro atoms. The number of allylic oxidation sites excluding steroid dienone is 3. The van der Waals surface area contributed by atoms with Crippen molar-refractivity contribution in [2.24, 2.45) is 15.9 Å². The fourth-order valence-corrected chi connectivity index (χ4v) is 8.59. The van der Waals surface area contributed by atoms with Crippen LogP contribution in [0.2, 0.25) is 5.02 Å². The molecule has 0 aromatic heterocycles. The highest BCUT2D eigenvalue weighted by Gasteiger charge is 2.56. The van der Waals surface area contributed by atoms with Crippen LogP contribution >= 0.6 is 11.6 Å². The van der Waals surface area contributed by atoms with E-state index in [0.29, 0.717) is 39.9 Å². The lowest BCUT2D eigenvalue weighted by molar-refractivity contribution is -0.150. The molecule has 11 heteroatoms. The second kappa shape index (κ2) is 17.8. The van der Waals surface area contributed by atoms with Crippen LogP contribution in [0.1, 0.15) is 40.3 Å². The SMILES string of the molecule is COC(=O)CNC(=O)[C@@]1(Cc2ccccc2)N=C(c2cccc(-c3ccc([C@@H]4OC(c5ccccc5)=N[C@]4(Cc4ccccc4)C(=O)OC)cc3Cl)c2)O[C@H]1C1C=CC=CC1. The summed E-state index contributed by atoms with van der Waals surface area (Å²) in [6.07, 6.45) is 7.52. The van der Waals surface area contributed by atoms with Crippen LogP contribution in [0.4, 0.5) is 0 Å². The number of rotatable bonds is 13. The molecular formula is C50H44ClN3O7. The van der Waals surface area contributed by atoms with E-state index in [1.807, 2.05) is 152 Å². The van der Waals surface area contributed by atoms with Crippen molar-refractivity contribution in [2.75, 3.05) is 20.8 Å². The molecule has 5 aromatic carbocycles. The summed E-state index contributed by atoms with van der Waals surface area (Å²) in [6, 6.07) is 42.0. The van der Waals surface area contributed by atoms with Gasteiger partial charge >= 0.3 is 11.9 Å². The normalized spacial score (nSPS) is 22.6. The smallest absolute Gasteiger partial charge is 0.338 e. The van der Waals surface area contributed by atoms with Crippen molar-refractivity contribution in [3.8, 4) is 11.1 Å². The maximum absolute atomic E-state index is 14.4. The number of methoxy groups -OCH3 is 2. The number of hydrogen-bond donors (Lipinski definition) is 1. The van der Waals surface area contributed by atoms with Gasteiger partial charge in [0.05, 0.1) is 14.2 Å². The Labute approximate surface area is 359 Å². The summed E-state index contributed by atoms with van der Waals surface area (Å²) >= 11 is 7.17. The Morgan fingerprint density at radius 3 is 1.97 bits per heavy atom. The topological polar surface area (TPSA) is 125 Å². The quantitative estimate of drug-likeness (QED) is 0.119. The molecule has 2 aliphatic heterocycles. The monoisotopic (exact) mass is 833 g/mol. The summed E-state index contributed by atoms with van der Waals surface area (Å²) < 4.78 is 23.6. The summed E-state index contributed by atoms with van der Waals surface area (Å²) in [5.74, 6) is -1.11.